The normalized spacial score (nSPS) is 10.9. The van der Waals surface area contributed by atoms with Gasteiger partial charge in [-0.3, -0.25) is 0 Å². The van der Waals surface area contributed by atoms with E-state index in [9.17, 15) is 22.7 Å². The molecule has 28 heavy (non-hydrogen) atoms. The molecule has 0 unspecified atom stereocenters. The van der Waals surface area contributed by atoms with Gasteiger partial charge in [0.05, 0.1) is 17.0 Å². The molecule has 9 heteroatoms. The number of aryl methyl sites for hydroxylation is 1. The Kier molecular flexibility index (Phi) is 5.47. The summed E-state index contributed by atoms with van der Waals surface area (Å²) in [6.45, 7) is 1.55. The molecule has 2 aromatic carbocycles. The zero-order valence-electron chi connectivity index (χ0n) is 14.8. The molecule has 2 heterocycles. The quantitative estimate of drug-likeness (QED) is 0.376. The van der Waals surface area contributed by atoms with Crippen LogP contribution in [0.2, 0.25) is 0 Å². The third-order valence-corrected chi connectivity index (χ3v) is 4.14. The van der Waals surface area contributed by atoms with E-state index in [0.29, 0.717) is 17.8 Å². The summed E-state index contributed by atoms with van der Waals surface area (Å²) >= 11 is 0. The molecular formula is C19H10F4N3NaO. The van der Waals surface area contributed by atoms with Crippen LogP contribution < -0.4 is 34.7 Å². The summed E-state index contributed by atoms with van der Waals surface area (Å²) in [5.41, 5.74) is 0.349. The number of hydrogen-bond acceptors (Lipinski definition) is 3. The van der Waals surface area contributed by atoms with E-state index < -0.39 is 29.1 Å². The first-order valence-corrected chi connectivity index (χ1v) is 7.83. The number of hydrogen-bond donors (Lipinski definition) is 0. The van der Waals surface area contributed by atoms with Crippen molar-refractivity contribution in [3.8, 4) is 28.3 Å². The molecule has 0 amide bonds. The van der Waals surface area contributed by atoms with Crippen LogP contribution in [0.1, 0.15) is 5.69 Å². The fourth-order valence-corrected chi connectivity index (χ4v) is 2.94. The van der Waals surface area contributed by atoms with Crippen molar-refractivity contribution >= 4 is 5.65 Å². The molecule has 0 saturated carbocycles. The maximum atomic E-state index is 14.3. The van der Waals surface area contributed by atoms with Crippen molar-refractivity contribution in [1.82, 2.24) is 14.6 Å². The van der Waals surface area contributed by atoms with Crippen LogP contribution >= 0.6 is 0 Å². The van der Waals surface area contributed by atoms with Crippen molar-refractivity contribution < 1.29 is 52.2 Å². The van der Waals surface area contributed by atoms with Crippen LogP contribution in [0.5, 0.6) is 5.88 Å². The fourth-order valence-electron chi connectivity index (χ4n) is 2.94. The Morgan fingerprint density at radius 3 is 2.00 bits per heavy atom. The first-order chi connectivity index (χ1) is 12.8. The van der Waals surface area contributed by atoms with Crippen LogP contribution in [-0.4, -0.2) is 14.6 Å². The second kappa shape index (κ2) is 7.54. The largest absolute Gasteiger partial charge is 1.00 e. The van der Waals surface area contributed by atoms with Gasteiger partial charge in [0.25, 0.3) is 0 Å². The van der Waals surface area contributed by atoms with Crippen molar-refractivity contribution in [2.45, 2.75) is 6.92 Å². The summed E-state index contributed by atoms with van der Waals surface area (Å²) in [6.07, 6.45) is 0. The van der Waals surface area contributed by atoms with Crippen molar-refractivity contribution in [2.24, 2.45) is 0 Å². The number of aromatic nitrogens is 3. The van der Waals surface area contributed by atoms with Crippen molar-refractivity contribution in [3.05, 3.63) is 71.4 Å². The Labute approximate surface area is 178 Å². The zero-order chi connectivity index (χ0) is 19.3. The van der Waals surface area contributed by atoms with Crippen molar-refractivity contribution in [3.63, 3.8) is 0 Å². The molecule has 0 N–H and O–H groups in total. The predicted molar refractivity (Wildman–Crippen MR) is 87.9 cm³/mol. The minimum Gasteiger partial charge on any atom is -0.858 e. The van der Waals surface area contributed by atoms with Gasteiger partial charge in [0.15, 0.2) is 5.65 Å². The molecule has 4 aromatic rings. The van der Waals surface area contributed by atoms with Gasteiger partial charge in [-0.2, -0.15) is 5.10 Å². The standard InChI is InChI=1S/C19H11F4N3O.Na/c1-9-18(13-5-3-11(21)7-15(13)23)19-24-16(8-17(27)26(19)25-9)12-4-2-10(20)6-14(12)22;/h2-8,27H,1H3;/q;+1/p-1. The third-order valence-electron chi connectivity index (χ3n) is 4.14. The molecule has 4 rings (SSSR count). The van der Waals surface area contributed by atoms with E-state index in [1.807, 2.05) is 0 Å². The minimum atomic E-state index is -0.892. The number of fused-ring (bicyclic) bond motifs is 1. The first kappa shape index (κ1) is 20.3. The molecule has 0 bridgehead atoms. The van der Waals surface area contributed by atoms with Crippen LogP contribution in [0.4, 0.5) is 17.6 Å². The molecule has 4 nitrogen and oxygen atoms in total. The van der Waals surface area contributed by atoms with Crippen LogP contribution in [0.15, 0.2) is 42.5 Å². The molecule has 0 radical (unpaired) electrons. The van der Waals surface area contributed by atoms with E-state index in [1.54, 1.807) is 6.92 Å². The Balaban J connectivity index is 0.00000225. The molecule has 2 aromatic heterocycles. The summed E-state index contributed by atoms with van der Waals surface area (Å²) in [6, 6.07) is 6.92. The van der Waals surface area contributed by atoms with Gasteiger partial charge in [-0.05, 0) is 43.1 Å². The molecule has 0 aliphatic rings. The van der Waals surface area contributed by atoms with Gasteiger partial charge in [-0.25, -0.2) is 27.1 Å². The second-order valence-electron chi connectivity index (χ2n) is 5.92. The number of benzene rings is 2. The Bertz CT molecular complexity index is 1210. The van der Waals surface area contributed by atoms with Gasteiger partial charge >= 0.3 is 29.6 Å². The molecule has 0 fully saturated rings. The predicted octanol–water partition coefficient (Wildman–Crippen LogP) is 1.01. The van der Waals surface area contributed by atoms with E-state index >= 15 is 0 Å². The smallest absolute Gasteiger partial charge is 0.858 e. The number of halogens is 4. The van der Waals surface area contributed by atoms with E-state index in [4.69, 9.17) is 0 Å². The average molecular weight is 395 g/mol. The number of rotatable bonds is 2. The SMILES string of the molecule is Cc1nn2c([O-])cc(-c3ccc(F)cc3F)nc2c1-c1ccc(F)cc1F.[Na+]. The first-order valence-electron chi connectivity index (χ1n) is 7.83. The maximum Gasteiger partial charge on any atom is 1.00 e. The van der Waals surface area contributed by atoms with Crippen molar-refractivity contribution in [2.75, 3.05) is 0 Å². The molecule has 0 atom stereocenters. The summed E-state index contributed by atoms with van der Waals surface area (Å²) in [7, 11) is 0. The summed E-state index contributed by atoms with van der Waals surface area (Å²) in [5.74, 6) is -3.88. The van der Waals surface area contributed by atoms with Crippen molar-refractivity contribution in [1.29, 1.82) is 0 Å². The van der Waals surface area contributed by atoms with Gasteiger partial charge in [-0.15, -0.1) is 0 Å². The van der Waals surface area contributed by atoms with Crippen LogP contribution in [-0.2, 0) is 0 Å². The van der Waals surface area contributed by atoms with Gasteiger partial charge in [0.2, 0.25) is 0 Å². The Morgan fingerprint density at radius 2 is 1.43 bits per heavy atom. The molecule has 136 valence electrons. The summed E-state index contributed by atoms with van der Waals surface area (Å²) < 4.78 is 55.7. The van der Waals surface area contributed by atoms with E-state index in [-0.39, 0.29) is 57.6 Å². The monoisotopic (exact) mass is 395 g/mol. The fraction of sp³-hybridized carbons (Fsp3) is 0.0526. The maximum absolute atomic E-state index is 14.3. The van der Waals surface area contributed by atoms with E-state index in [0.717, 1.165) is 28.8 Å². The van der Waals surface area contributed by atoms with Gasteiger partial charge in [0.1, 0.15) is 23.3 Å². The molecule has 0 aliphatic carbocycles. The minimum absolute atomic E-state index is 0. The van der Waals surface area contributed by atoms with Crippen LogP contribution in [0.25, 0.3) is 28.0 Å². The Hall–Kier alpha value is -2.42. The van der Waals surface area contributed by atoms with Gasteiger partial charge in [-0.1, -0.05) is 0 Å². The summed E-state index contributed by atoms with van der Waals surface area (Å²) in [5, 5.41) is 16.4. The van der Waals surface area contributed by atoms with E-state index in [2.05, 4.69) is 10.1 Å². The second-order valence-corrected chi connectivity index (χ2v) is 5.92. The topological polar surface area (TPSA) is 53.2 Å². The van der Waals surface area contributed by atoms with Crippen LogP contribution in [0.3, 0.4) is 0 Å². The number of nitrogens with zero attached hydrogens (tertiary/aromatic N) is 3. The molecule has 0 aliphatic heterocycles. The van der Waals surface area contributed by atoms with Crippen LogP contribution in [0, 0.1) is 30.2 Å². The molecular weight excluding hydrogens is 385 g/mol. The summed E-state index contributed by atoms with van der Waals surface area (Å²) in [4.78, 5) is 4.24. The zero-order valence-corrected chi connectivity index (χ0v) is 16.8. The molecule has 0 spiro atoms. The average Bonchev–Trinajstić information content (AvgIpc) is 2.92. The van der Waals surface area contributed by atoms with E-state index in [1.165, 1.54) is 6.07 Å². The van der Waals surface area contributed by atoms with Gasteiger partial charge < -0.3 is 5.11 Å². The Morgan fingerprint density at radius 1 is 0.857 bits per heavy atom. The molecule has 0 saturated heterocycles. The van der Waals surface area contributed by atoms with Gasteiger partial charge in [0, 0.05) is 23.3 Å². The third kappa shape index (κ3) is 3.39.